The number of hydrogen-bond acceptors (Lipinski definition) is 21. The van der Waals surface area contributed by atoms with Crippen LogP contribution in [0.3, 0.4) is 0 Å². The van der Waals surface area contributed by atoms with E-state index in [1.54, 1.807) is 26.2 Å². The zero-order valence-electron chi connectivity index (χ0n) is 36.5. The molecule has 66 heavy (non-hydrogen) atoms. The lowest BCUT2D eigenvalue weighted by Gasteiger charge is -2.19. The van der Waals surface area contributed by atoms with Crippen molar-refractivity contribution in [1.82, 2.24) is 39.7 Å². The second-order valence-electron chi connectivity index (χ2n) is 14.7. The Morgan fingerprint density at radius 2 is 1.15 bits per heavy atom. The lowest BCUT2D eigenvalue weighted by Crippen LogP contribution is -2.26. The first-order valence-electron chi connectivity index (χ1n) is 20.4. The van der Waals surface area contributed by atoms with Crippen molar-refractivity contribution in [2.45, 2.75) is 58.5 Å². The van der Waals surface area contributed by atoms with Gasteiger partial charge >= 0.3 is 30.8 Å². The molecule has 2 aliphatic heterocycles. The number of hydrogen-bond donors (Lipinski definition) is 9. The van der Waals surface area contributed by atoms with Gasteiger partial charge in [-0.2, -0.15) is 21.6 Å². The van der Waals surface area contributed by atoms with Crippen molar-refractivity contribution < 1.29 is 73.1 Å². The summed E-state index contributed by atoms with van der Waals surface area (Å²) in [4.78, 5) is 46.8. The molecule has 0 aromatic carbocycles. The van der Waals surface area contributed by atoms with Crippen LogP contribution in [0.1, 0.15) is 38.8 Å². The van der Waals surface area contributed by atoms with Crippen LogP contribution in [0.5, 0.6) is 0 Å². The zero-order chi connectivity index (χ0) is 49.0. The normalized spacial score (nSPS) is 19.8. The summed E-state index contributed by atoms with van der Waals surface area (Å²) in [5.74, 6) is -0.123. The zero-order valence-corrected chi connectivity index (χ0v) is 39.1. The molecule has 25 nitrogen and oxygen atoms in total. The maximum Gasteiger partial charge on any atom is 0.523 e. The van der Waals surface area contributed by atoms with Crippen LogP contribution >= 0.6 is 15.2 Å². The number of β-amino-alcohol motifs (C(OH)–C–C–N with tert-alkyl or cyclic N) is 2. The van der Waals surface area contributed by atoms with Crippen LogP contribution in [0.2, 0.25) is 0 Å². The molecule has 0 bridgehead atoms. The molecule has 31 heteroatoms. The van der Waals surface area contributed by atoms with Crippen molar-refractivity contribution in [2.24, 2.45) is 11.8 Å². The van der Waals surface area contributed by atoms with Gasteiger partial charge in [-0.05, 0) is 27.7 Å². The van der Waals surface area contributed by atoms with E-state index in [4.69, 9.17) is 30.4 Å². The predicted octanol–water partition coefficient (Wildman–Crippen LogP) is 1.56. The number of fused-ring (bicyclic) bond motifs is 2. The lowest BCUT2D eigenvalue weighted by atomic mass is 10.1. The first-order valence-corrected chi connectivity index (χ1v) is 25.3. The monoisotopic (exact) mass is 1010 g/mol. The molecule has 0 saturated carbocycles. The molecule has 4 aromatic heterocycles. The molecule has 0 spiro atoms. The molecule has 6 heterocycles. The van der Waals surface area contributed by atoms with Crippen molar-refractivity contribution in [1.29, 1.82) is 0 Å². The molecule has 4 aromatic rings. The van der Waals surface area contributed by atoms with Gasteiger partial charge in [0.1, 0.15) is 28.4 Å². The predicted molar refractivity (Wildman–Crippen MR) is 232 cm³/mol. The van der Waals surface area contributed by atoms with Gasteiger partial charge in [0.05, 0.1) is 45.2 Å². The van der Waals surface area contributed by atoms with E-state index in [2.05, 4.69) is 43.1 Å². The van der Waals surface area contributed by atoms with Crippen LogP contribution < -0.4 is 22.6 Å². The summed E-state index contributed by atoms with van der Waals surface area (Å²) in [5.41, 5.74) is 8.53. The highest BCUT2D eigenvalue weighted by molar-refractivity contribution is 7.87. The highest BCUT2D eigenvalue weighted by Crippen LogP contribution is 2.49. The van der Waals surface area contributed by atoms with Gasteiger partial charge in [0.2, 0.25) is 11.9 Å². The fourth-order valence-corrected chi connectivity index (χ4v) is 10.5. The van der Waals surface area contributed by atoms with Gasteiger partial charge in [0, 0.05) is 81.2 Å². The molecule has 6 rings (SSSR count). The number of nitrogens with two attached hydrogens (primary N) is 2. The van der Waals surface area contributed by atoms with E-state index in [1.807, 2.05) is 9.80 Å². The topological polar surface area (TPSA) is 366 Å². The smallest absolute Gasteiger partial charge is 0.396 e. The van der Waals surface area contributed by atoms with E-state index in [0.717, 1.165) is 11.1 Å². The molecule has 4 atom stereocenters. The Kier molecular flexibility index (Phi) is 19.9. The van der Waals surface area contributed by atoms with Gasteiger partial charge in [-0.25, -0.2) is 9.97 Å². The average molecular weight is 1010 g/mol. The SMILES string of the molecule is CCOP(=O)(COCC1CN(Cc2c[nH]c3c(=O)[nH]c(N)nc23)CC1O)OCC.CCOP(=O)(COS(=O)(=O)C(F)(F)F)OCC.Nc1nc2c(CN3CC(O)C(CO)C3)c[nH]c2c(=O)[nH]1. The summed E-state index contributed by atoms with van der Waals surface area (Å²) >= 11 is 0. The van der Waals surface area contributed by atoms with Crippen molar-refractivity contribution in [3.05, 3.63) is 44.2 Å². The number of nitrogens with one attached hydrogen (secondary N) is 4. The Bertz CT molecular complexity index is 2510. The highest BCUT2D eigenvalue weighted by atomic mass is 32.2. The molecular formula is C35H57F3N10O15P2S. The van der Waals surface area contributed by atoms with E-state index in [1.165, 1.54) is 13.8 Å². The number of likely N-dealkylation sites (tertiary alicyclic amines) is 2. The van der Waals surface area contributed by atoms with E-state index >= 15 is 0 Å². The fourth-order valence-electron chi connectivity index (χ4n) is 6.90. The minimum atomic E-state index is -5.80. The molecule has 2 fully saturated rings. The van der Waals surface area contributed by atoms with Crippen LogP contribution in [0.15, 0.2) is 22.0 Å². The molecule has 0 aliphatic carbocycles. The third-order valence-electron chi connectivity index (χ3n) is 9.79. The third-order valence-corrected chi connectivity index (χ3v) is 14.5. The van der Waals surface area contributed by atoms with E-state index in [9.17, 15) is 50.5 Å². The number of alkyl halides is 3. The molecule has 0 amide bonds. The van der Waals surface area contributed by atoms with Crippen LogP contribution in [-0.2, 0) is 59.4 Å². The Hall–Kier alpha value is -3.80. The number of rotatable bonds is 20. The number of H-pyrrole nitrogens is 4. The number of halogens is 3. The maximum absolute atomic E-state index is 12.4. The van der Waals surface area contributed by atoms with Crippen molar-refractivity contribution >= 4 is 59.3 Å². The third kappa shape index (κ3) is 14.8. The van der Waals surface area contributed by atoms with E-state index < -0.39 is 49.4 Å². The van der Waals surface area contributed by atoms with E-state index in [0.29, 0.717) is 61.3 Å². The van der Waals surface area contributed by atoms with Crippen LogP contribution in [0, 0.1) is 11.8 Å². The number of nitrogen functional groups attached to an aromatic ring is 2. The van der Waals surface area contributed by atoms with Gasteiger partial charge in [-0.3, -0.25) is 42.7 Å². The number of aromatic amines is 4. The molecule has 0 radical (unpaired) electrons. The summed E-state index contributed by atoms with van der Waals surface area (Å²) in [5, 5.41) is 29.3. The second-order valence-corrected chi connectivity index (χ2v) is 20.3. The summed E-state index contributed by atoms with van der Waals surface area (Å²) < 4.78 is 109. The number of anilines is 2. The summed E-state index contributed by atoms with van der Waals surface area (Å²) in [6.07, 6.45) is 0.892. The number of ether oxygens (including phenoxy) is 1. The van der Waals surface area contributed by atoms with Gasteiger partial charge < -0.3 is 59.6 Å². The van der Waals surface area contributed by atoms with Crippen molar-refractivity contribution in [3.8, 4) is 0 Å². The number of aliphatic hydroxyl groups is 3. The summed E-state index contributed by atoms with van der Waals surface area (Å²) in [6.45, 7) is 10.0. The number of aromatic nitrogens is 6. The fraction of sp³-hybridized carbons (Fsp3) is 0.657. The maximum atomic E-state index is 12.4. The van der Waals surface area contributed by atoms with Crippen molar-refractivity contribution in [3.63, 3.8) is 0 Å². The largest absolute Gasteiger partial charge is 0.523 e. The highest BCUT2D eigenvalue weighted by Gasteiger charge is 2.48. The quantitative estimate of drug-likeness (QED) is 0.0344. The van der Waals surface area contributed by atoms with Crippen LogP contribution in [0.4, 0.5) is 25.1 Å². The van der Waals surface area contributed by atoms with Gasteiger partial charge in [0.25, 0.3) is 11.1 Å². The minimum Gasteiger partial charge on any atom is -0.396 e. The van der Waals surface area contributed by atoms with Crippen molar-refractivity contribution in [2.75, 3.05) is 90.0 Å². The number of aliphatic hydroxyl groups excluding tert-OH is 3. The lowest BCUT2D eigenvalue weighted by molar-refractivity contribution is -0.0534. The summed E-state index contributed by atoms with van der Waals surface area (Å²) in [6, 6.07) is 0. The van der Waals surface area contributed by atoms with Gasteiger partial charge in [0.15, 0.2) is 6.35 Å². The Morgan fingerprint density at radius 3 is 1.55 bits per heavy atom. The standard InChI is InChI=1S/C17H28N5O6P.C12H17N5O3.C6H12F3O6PS/c1-3-27-29(25,28-4-2)10-26-9-12-7-22(8-13(12)23)6-11-5-19-15-14(11)20-17(18)21-16(15)24;13-12-15-9-6(1-14-10(9)11(20)16-12)2-17-3-7(5-18)8(19)4-17;1-3-13-16(10,14-4-2)5-15-17(11,12)6(7,8)9/h5,12-13,19,23H,3-4,6-10H2,1-2H3,(H3,18,20,21,24);1,7-8,14,18-19H,2-5H2,(H3,13,15,16,20);3-5H2,1-2H3. The molecule has 2 saturated heterocycles. The average Bonchev–Trinajstić information content (AvgIpc) is 4.00. The Labute approximate surface area is 375 Å². The summed E-state index contributed by atoms with van der Waals surface area (Å²) in [7, 11) is -13.1. The Balaban J connectivity index is 0.000000227. The molecule has 4 unspecified atom stereocenters. The molecule has 11 N–H and O–H groups in total. The van der Waals surface area contributed by atoms with Gasteiger partial charge in [-0.1, -0.05) is 0 Å². The molecular weight excluding hydrogens is 951 g/mol. The first kappa shape index (κ1) is 54.8. The second kappa shape index (κ2) is 24.0. The van der Waals surface area contributed by atoms with Crippen LogP contribution in [-0.4, -0.2) is 160 Å². The van der Waals surface area contributed by atoms with Crippen LogP contribution in [0.25, 0.3) is 22.1 Å². The molecule has 2 aliphatic rings. The number of nitrogens with zero attached hydrogens (tertiary/aromatic N) is 4. The Morgan fingerprint density at radius 1 is 0.742 bits per heavy atom. The molecule has 374 valence electrons. The first-order chi connectivity index (χ1) is 31.0. The van der Waals surface area contributed by atoms with E-state index in [-0.39, 0.29) is 80.8 Å². The minimum absolute atomic E-state index is 0.0313. The van der Waals surface area contributed by atoms with Gasteiger partial charge in [-0.15, -0.1) is 0 Å².